The fourth-order valence-electron chi connectivity index (χ4n) is 3.05. The van der Waals surface area contributed by atoms with Gasteiger partial charge >= 0.3 is 0 Å². The first-order chi connectivity index (χ1) is 11.2. The fraction of sp³-hybridized carbons (Fsp3) is 0.733. The molecule has 8 heteroatoms. The summed E-state index contributed by atoms with van der Waals surface area (Å²) in [5, 5.41) is 11.4. The Morgan fingerprint density at radius 3 is 2.91 bits per heavy atom. The van der Waals surface area contributed by atoms with E-state index in [1.54, 1.807) is 0 Å². The lowest BCUT2D eigenvalue weighted by Crippen LogP contribution is -2.44. The average molecular weight is 318 g/mol. The van der Waals surface area contributed by atoms with Crippen LogP contribution >= 0.6 is 0 Å². The predicted molar refractivity (Wildman–Crippen MR) is 80.6 cm³/mol. The molecule has 1 saturated heterocycles. The van der Waals surface area contributed by atoms with Gasteiger partial charge in [-0.15, -0.1) is 0 Å². The minimum absolute atomic E-state index is 0.00446. The molecule has 8 nitrogen and oxygen atoms in total. The van der Waals surface area contributed by atoms with Crippen LogP contribution in [0.1, 0.15) is 62.0 Å². The summed E-state index contributed by atoms with van der Waals surface area (Å²) < 4.78 is 11.4. The zero-order valence-electron chi connectivity index (χ0n) is 13.5. The van der Waals surface area contributed by atoms with Gasteiger partial charge in [-0.2, -0.15) is 10.1 Å². The Morgan fingerprint density at radius 1 is 1.30 bits per heavy atom. The first-order valence-electron chi connectivity index (χ1n) is 8.34. The van der Waals surface area contributed by atoms with Crippen LogP contribution in [0, 0.1) is 0 Å². The van der Waals surface area contributed by atoms with Gasteiger partial charge in [0.2, 0.25) is 5.89 Å². The van der Waals surface area contributed by atoms with Gasteiger partial charge in [-0.3, -0.25) is 10.00 Å². The molecule has 1 saturated carbocycles. The minimum Gasteiger partial charge on any atom is -0.375 e. The highest BCUT2D eigenvalue weighted by Gasteiger charge is 2.37. The van der Waals surface area contributed by atoms with Crippen LogP contribution in [0.4, 0.5) is 0 Å². The lowest BCUT2D eigenvalue weighted by atomic mass is 10.1. The third-order valence-corrected chi connectivity index (χ3v) is 4.50. The third kappa shape index (κ3) is 3.00. The van der Waals surface area contributed by atoms with Crippen molar-refractivity contribution in [3.8, 4) is 0 Å². The molecule has 124 valence electrons. The Bertz CT molecular complexity index is 664. The number of rotatable bonds is 5. The van der Waals surface area contributed by atoms with Crippen molar-refractivity contribution >= 4 is 0 Å². The van der Waals surface area contributed by atoms with E-state index in [0.717, 1.165) is 43.3 Å². The highest BCUT2D eigenvalue weighted by Crippen LogP contribution is 2.39. The van der Waals surface area contributed by atoms with Crippen LogP contribution in [0.2, 0.25) is 0 Å². The number of nitrogens with zero attached hydrogens (tertiary/aromatic N) is 5. The van der Waals surface area contributed by atoms with Gasteiger partial charge in [-0.05, 0) is 19.8 Å². The van der Waals surface area contributed by atoms with Crippen molar-refractivity contribution in [1.82, 2.24) is 30.2 Å². The fourth-order valence-corrected chi connectivity index (χ4v) is 3.05. The molecule has 0 amide bonds. The summed E-state index contributed by atoms with van der Waals surface area (Å²) in [6, 6.07) is -0.0427. The maximum Gasteiger partial charge on any atom is 0.246 e. The molecule has 0 unspecified atom stereocenters. The molecule has 2 atom stereocenters. The third-order valence-electron chi connectivity index (χ3n) is 4.50. The van der Waals surface area contributed by atoms with Gasteiger partial charge in [0, 0.05) is 18.9 Å². The maximum absolute atomic E-state index is 5.81. The number of nitrogens with one attached hydrogen (secondary N) is 1. The zero-order valence-corrected chi connectivity index (χ0v) is 13.5. The van der Waals surface area contributed by atoms with E-state index in [1.807, 2.05) is 6.92 Å². The number of aromatic amines is 1. The second-order valence-electron chi connectivity index (χ2n) is 6.31. The molecule has 2 fully saturated rings. The minimum atomic E-state index is -0.0427. The van der Waals surface area contributed by atoms with Crippen LogP contribution in [0.15, 0.2) is 4.52 Å². The van der Waals surface area contributed by atoms with Crippen molar-refractivity contribution in [2.75, 3.05) is 13.2 Å². The summed E-state index contributed by atoms with van der Waals surface area (Å²) in [5.74, 6) is 3.68. The van der Waals surface area contributed by atoms with E-state index in [9.17, 15) is 0 Å². The molecule has 2 aromatic rings. The second kappa shape index (κ2) is 6.01. The number of hydrogen-bond donors (Lipinski definition) is 1. The van der Waals surface area contributed by atoms with Crippen molar-refractivity contribution in [3.05, 3.63) is 23.4 Å². The molecule has 2 aromatic heterocycles. The smallest absolute Gasteiger partial charge is 0.246 e. The van der Waals surface area contributed by atoms with Gasteiger partial charge in [0.05, 0.1) is 19.3 Å². The monoisotopic (exact) mass is 318 g/mol. The van der Waals surface area contributed by atoms with Crippen LogP contribution in [-0.4, -0.2) is 49.5 Å². The normalized spacial score (nSPS) is 25.8. The van der Waals surface area contributed by atoms with Crippen molar-refractivity contribution in [3.63, 3.8) is 0 Å². The molecule has 1 N–H and O–H groups in total. The molecule has 0 radical (unpaired) electrons. The van der Waals surface area contributed by atoms with Gasteiger partial charge in [0.25, 0.3) is 0 Å². The SMILES string of the molecule is CCc1n[nH]c(CN2CCO[C@H](C)[C@H]2c2nc(C3CC3)no2)n1. The van der Waals surface area contributed by atoms with Crippen LogP contribution in [0.3, 0.4) is 0 Å². The molecule has 0 bridgehead atoms. The molecule has 23 heavy (non-hydrogen) atoms. The molecular formula is C15H22N6O2. The highest BCUT2D eigenvalue weighted by molar-refractivity contribution is 5.07. The van der Waals surface area contributed by atoms with Crippen LogP contribution in [0.5, 0.6) is 0 Å². The van der Waals surface area contributed by atoms with E-state index in [-0.39, 0.29) is 12.1 Å². The molecule has 1 aliphatic heterocycles. The van der Waals surface area contributed by atoms with Gasteiger partial charge in [0.1, 0.15) is 17.7 Å². The van der Waals surface area contributed by atoms with E-state index in [1.165, 1.54) is 0 Å². The van der Waals surface area contributed by atoms with E-state index in [0.29, 0.717) is 25.0 Å². The summed E-state index contributed by atoms with van der Waals surface area (Å²) >= 11 is 0. The number of ether oxygens (including phenoxy) is 1. The summed E-state index contributed by atoms with van der Waals surface area (Å²) in [5.41, 5.74) is 0. The predicted octanol–water partition coefficient (Wildman–Crippen LogP) is 1.59. The Balaban J connectivity index is 1.54. The second-order valence-corrected chi connectivity index (χ2v) is 6.31. The number of hydrogen-bond acceptors (Lipinski definition) is 7. The Hall–Kier alpha value is -1.80. The van der Waals surface area contributed by atoms with Crippen LogP contribution in [0.25, 0.3) is 0 Å². The van der Waals surface area contributed by atoms with Crippen LogP contribution in [-0.2, 0) is 17.7 Å². The van der Waals surface area contributed by atoms with Gasteiger partial charge in [-0.25, -0.2) is 4.98 Å². The first-order valence-corrected chi connectivity index (χ1v) is 8.34. The van der Waals surface area contributed by atoms with Crippen molar-refractivity contribution in [2.24, 2.45) is 0 Å². The summed E-state index contributed by atoms with van der Waals surface area (Å²) in [6.45, 7) is 6.26. The van der Waals surface area contributed by atoms with E-state index >= 15 is 0 Å². The van der Waals surface area contributed by atoms with Crippen molar-refractivity contribution < 1.29 is 9.26 Å². The summed E-state index contributed by atoms with van der Waals surface area (Å²) in [7, 11) is 0. The Labute approximate surface area is 134 Å². The largest absolute Gasteiger partial charge is 0.375 e. The standard InChI is InChI=1S/C15H22N6O2/c1-3-11-16-12(19-18-11)8-21-6-7-22-9(2)13(21)15-17-14(20-23-15)10-4-5-10/h9-10,13H,3-8H2,1-2H3,(H,16,18,19)/t9-,13+/m1/s1. The number of aryl methyl sites for hydroxylation is 1. The van der Waals surface area contributed by atoms with E-state index in [2.05, 4.69) is 37.1 Å². The van der Waals surface area contributed by atoms with Gasteiger partial charge in [0.15, 0.2) is 5.82 Å². The molecule has 1 aliphatic carbocycles. The average Bonchev–Trinajstić information content (AvgIpc) is 3.11. The number of morpholine rings is 1. The molecule has 4 rings (SSSR count). The Kier molecular flexibility index (Phi) is 3.86. The van der Waals surface area contributed by atoms with Gasteiger partial charge in [-0.1, -0.05) is 12.1 Å². The van der Waals surface area contributed by atoms with Crippen molar-refractivity contribution in [2.45, 2.75) is 57.7 Å². The first kappa shape index (κ1) is 14.8. The zero-order chi connectivity index (χ0) is 15.8. The number of aromatic nitrogens is 5. The molecule has 2 aliphatic rings. The maximum atomic E-state index is 5.81. The quantitative estimate of drug-likeness (QED) is 0.894. The topological polar surface area (TPSA) is 93.0 Å². The van der Waals surface area contributed by atoms with E-state index < -0.39 is 0 Å². The van der Waals surface area contributed by atoms with E-state index in [4.69, 9.17) is 9.26 Å². The van der Waals surface area contributed by atoms with Crippen molar-refractivity contribution in [1.29, 1.82) is 0 Å². The summed E-state index contributed by atoms with van der Waals surface area (Å²) in [4.78, 5) is 11.4. The number of H-pyrrole nitrogens is 1. The Morgan fingerprint density at radius 2 is 2.17 bits per heavy atom. The highest BCUT2D eigenvalue weighted by atomic mass is 16.5. The molecule has 0 spiro atoms. The lowest BCUT2D eigenvalue weighted by molar-refractivity contribution is -0.0770. The molecule has 3 heterocycles. The van der Waals surface area contributed by atoms with Crippen LogP contribution < -0.4 is 0 Å². The van der Waals surface area contributed by atoms with Gasteiger partial charge < -0.3 is 9.26 Å². The molecular weight excluding hydrogens is 296 g/mol. The molecule has 0 aromatic carbocycles. The lowest BCUT2D eigenvalue weighted by Gasteiger charge is -2.37. The summed E-state index contributed by atoms with van der Waals surface area (Å²) in [6.07, 6.45) is 3.16.